The molecule has 0 radical (unpaired) electrons. The molecule has 0 spiro atoms. The Morgan fingerprint density at radius 2 is 1.67 bits per heavy atom. The van der Waals surface area contributed by atoms with Gasteiger partial charge in [-0.25, -0.2) is 4.68 Å². The third-order valence-corrected chi connectivity index (χ3v) is 6.82. The van der Waals surface area contributed by atoms with Crippen molar-refractivity contribution in [2.45, 2.75) is 31.1 Å². The SMILES string of the molecule is CSc1nc2n(n1)[C@@H](c1ccc(C)cc1)C1=C(N2)c2cc(C)ccc2O[C@@H]1c1ccccc1. The quantitative estimate of drug-likeness (QED) is 0.376. The molecule has 0 unspecified atom stereocenters. The van der Waals surface area contributed by atoms with Crippen LogP contribution in [0.3, 0.4) is 0 Å². The largest absolute Gasteiger partial charge is 0.480 e. The summed E-state index contributed by atoms with van der Waals surface area (Å²) in [6.45, 7) is 4.22. The fraction of sp³-hybridized carbons (Fsp3) is 0.185. The van der Waals surface area contributed by atoms with E-state index in [-0.39, 0.29) is 12.1 Å². The molecule has 4 aromatic rings. The van der Waals surface area contributed by atoms with Gasteiger partial charge in [-0.1, -0.05) is 83.6 Å². The molecule has 1 aromatic heterocycles. The van der Waals surface area contributed by atoms with E-state index in [9.17, 15) is 0 Å². The maximum atomic E-state index is 6.70. The summed E-state index contributed by atoms with van der Waals surface area (Å²) in [6, 6.07) is 25.3. The molecule has 0 bridgehead atoms. The first-order valence-corrected chi connectivity index (χ1v) is 12.3. The van der Waals surface area contributed by atoms with Crippen molar-refractivity contribution in [3.8, 4) is 5.75 Å². The predicted molar refractivity (Wildman–Crippen MR) is 133 cm³/mol. The normalized spacial score (nSPS) is 18.6. The zero-order valence-electron chi connectivity index (χ0n) is 18.7. The minimum absolute atomic E-state index is 0.135. The minimum Gasteiger partial charge on any atom is -0.480 e. The second-order valence-electron chi connectivity index (χ2n) is 8.54. The topological polar surface area (TPSA) is 52.0 Å². The number of nitrogens with zero attached hydrogens (tertiary/aromatic N) is 3. The summed E-state index contributed by atoms with van der Waals surface area (Å²) < 4.78 is 8.71. The number of aromatic nitrogens is 3. The van der Waals surface area contributed by atoms with Crippen LogP contribution >= 0.6 is 11.8 Å². The summed E-state index contributed by atoms with van der Waals surface area (Å²) in [6.07, 6.45) is 1.76. The van der Waals surface area contributed by atoms with Gasteiger partial charge in [0, 0.05) is 11.1 Å². The van der Waals surface area contributed by atoms with Crippen molar-refractivity contribution < 1.29 is 4.74 Å². The average Bonchev–Trinajstić information content (AvgIpc) is 3.26. The number of hydrogen-bond donors (Lipinski definition) is 1. The monoisotopic (exact) mass is 452 g/mol. The van der Waals surface area contributed by atoms with Gasteiger partial charge in [0.15, 0.2) is 0 Å². The third-order valence-electron chi connectivity index (χ3n) is 6.29. The van der Waals surface area contributed by atoms with Crippen molar-refractivity contribution >= 4 is 23.4 Å². The zero-order chi connectivity index (χ0) is 22.5. The highest BCUT2D eigenvalue weighted by Crippen LogP contribution is 2.51. The van der Waals surface area contributed by atoms with Gasteiger partial charge in [-0.2, -0.15) is 4.98 Å². The number of ether oxygens (including phenoxy) is 1. The average molecular weight is 453 g/mol. The van der Waals surface area contributed by atoms with E-state index in [1.165, 1.54) is 11.1 Å². The molecule has 2 atom stereocenters. The van der Waals surface area contributed by atoms with Crippen molar-refractivity contribution in [3.63, 3.8) is 0 Å². The molecule has 2 aliphatic rings. The number of anilines is 1. The predicted octanol–water partition coefficient (Wildman–Crippen LogP) is 6.18. The highest BCUT2D eigenvalue weighted by molar-refractivity contribution is 7.98. The van der Waals surface area contributed by atoms with E-state index in [0.29, 0.717) is 0 Å². The first kappa shape index (κ1) is 20.1. The third kappa shape index (κ3) is 3.33. The molecule has 3 heterocycles. The van der Waals surface area contributed by atoms with Crippen LogP contribution in [-0.4, -0.2) is 21.0 Å². The van der Waals surface area contributed by atoms with Crippen molar-refractivity contribution in [1.29, 1.82) is 0 Å². The summed E-state index contributed by atoms with van der Waals surface area (Å²) >= 11 is 1.55. The molecular weight excluding hydrogens is 428 g/mol. The van der Waals surface area contributed by atoms with Gasteiger partial charge in [0.05, 0.1) is 5.70 Å². The van der Waals surface area contributed by atoms with Crippen LogP contribution in [0.1, 0.15) is 40.0 Å². The number of rotatable bonds is 3. The standard InChI is InChI=1S/C27H24N4OS/c1-16-9-12-18(13-10-16)24-22-23(28-26-29-27(33-3)30-31(24)26)20-15-17(2)11-14-21(20)32-25(22)19-7-5-4-6-8-19/h4-15,24-25H,1-3H3,(H,28,29,30)/t24-,25+/m0/s1. The molecule has 2 aliphatic heterocycles. The maximum Gasteiger partial charge on any atom is 0.227 e. The molecule has 5 nitrogen and oxygen atoms in total. The van der Waals surface area contributed by atoms with Gasteiger partial charge in [0.25, 0.3) is 0 Å². The van der Waals surface area contributed by atoms with E-state index >= 15 is 0 Å². The molecule has 6 heteroatoms. The molecule has 6 rings (SSSR count). The maximum absolute atomic E-state index is 6.70. The van der Waals surface area contributed by atoms with Crippen LogP contribution in [0.5, 0.6) is 5.75 Å². The van der Waals surface area contributed by atoms with Gasteiger partial charge in [0.1, 0.15) is 17.9 Å². The van der Waals surface area contributed by atoms with Crippen molar-refractivity contribution in [2.75, 3.05) is 11.6 Å². The molecule has 0 fully saturated rings. The molecule has 3 aromatic carbocycles. The number of nitrogens with one attached hydrogen (secondary N) is 1. The van der Waals surface area contributed by atoms with Gasteiger partial charge in [-0.15, -0.1) is 5.10 Å². The highest BCUT2D eigenvalue weighted by atomic mass is 32.2. The summed E-state index contributed by atoms with van der Waals surface area (Å²) in [5, 5.41) is 9.23. The number of hydrogen-bond acceptors (Lipinski definition) is 5. The van der Waals surface area contributed by atoms with E-state index in [0.717, 1.165) is 44.8 Å². The molecule has 0 saturated heterocycles. The molecule has 0 saturated carbocycles. The van der Waals surface area contributed by atoms with E-state index in [1.54, 1.807) is 11.8 Å². The lowest BCUT2D eigenvalue weighted by Gasteiger charge is -2.39. The van der Waals surface area contributed by atoms with Crippen molar-refractivity contribution in [1.82, 2.24) is 14.8 Å². The van der Waals surface area contributed by atoms with E-state index in [1.807, 2.05) is 17.0 Å². The Morgan fingerprint density at radius 1 is 0.909 bits per heavy atom. The lowest BCUT2D eigenvalue weighted by Crippen LogP contribution is -2.32. The molecule has 0 amide bonds. The van der Waals surface area contributed by atoms with Gasteiger partial charge in [-0.05, 0) is 43.4 Å². The lowest BCUT2D eigenvalue weighted by molar-refractivity contribution is 0.223. The van der Waals surface area contributed by atoms with Crippen LogP contribution in [0.15, 0.2) is 83.5 Å². The van der Waals surface area contributed by atoms with E-state index in [4.69, 9.17) is 14.8 Å². The Bertz CT molecular complexity index is 1380. The number of thioether (sulfide) groups is 1. The Labute approximate surface area is 197 Å². The summed E-state index contributed by atoms with van der Waals surface area (Å²) in [4.78, 5) is 4.78. The number of aryl methyl sites for hydroxylation is 2. The van der Waals surface area contributed by atoms with Crippen LogP contribution in [0, 0.1) is 13.8 Å². The zero-order valence-corrected chi connectivity index (χ0v) is 19.6. The van der Waals surface area contributed by atoms with Gasteiger partial charge >= 0.3 is 0 Å². The van der Waals surface area contributed by atoms with Crippen molar-refractivity contribution in [2.24, 2.45) is 0 Å². The minimum atomic E-state index is -0.245. The fourth-order valence-electron chi connectivity index (χ4n) is 4.68. The molecule has 33 heavy (non-hydrogen) atoms. The molecule has 164 valence electrons. The second-order valence-corrected chi connectivity index (χ2v) is 9.32. The number of benzene rings is 3. The lowest BCUT2D eigenvalue weighted by atomic mass is 9.84. The Hall–Kier alpha value is -3.51. The fourth-order valence-corrected chi connectivity index (χ4v) is 5.03. The Kier molecular flexibility index (Phi) is 4.76. The van der Waals surface area contributed by atoms with Crippen LogP contribution in [0.25, 0.3) is 5.70 Å². The molecular formula is C27H24N4OS. The molecule has 0 aliphatic carbocycles. The first-order chi connectivity index (χ1) is 16.1. The van der Waals surface area contributed by atoms with Crippen molar-refractivity contribution in [3.05, 3.63) is 106 Å². The highest BCUT2D eigenvalue weighted by Gasteiger charge is 2.41. The van der Waals surface area contributed by atoms with E-state index < -0.39 is 0 Å². The van der Waals surface area contributed by atoms with Crippen LogP contribution in [0.2, 0.25) is 0 Å². The van der Waals surface area contributed by atoms with Crippen LogP contribution in [0.4, 0.5) is 5.95 Å². The van der Waals surface area contributed by atoms with Crippen LogP contribution < -0.4 is 10.1 Å². The van der Waals surface area contributed by atoms with E-state index in [2.05, 4.69) is 85.9 Å². The van der Waals surface area contributed by atoms with Crippen LogP contribution in [-0.2, 0) is 0 Å². The Morgan fingerprint density at radius 3 is 2.42 bits per heavy atom. The second kappa shape index (κ2) is 7.81. The first-order valence-electron chi connectivity index (χ1n) is 11.0. The summed E-state index contributed by atoms with van der Waals surface area (Å²) in [5.74, 6) is 1.63. The van der Waals surface area contributed by atoms with Gasteiger partial charge in [-0.3, -0.25) is 0 Å². The summed E-state index contributed by atoms with van der Waals surface area (Å²) in [5.41, 5.74) is 7.96. The molecule has 1 N–H and O–H groups in total. The number of fused-ring (bicyclic) bond motifs is 3. The van der Waals surface area contributed by atoms with Gasteiger partial charge in [0.2, 0.25) is 11.1 Å². The Balaban J connectivity index is 1.64. The summed E-state index contributed by atoms with van der Waals surface area (Å²) in [7, 11) is 0. The smallest absolute Gasteiger partial charge is 0.227 e. The van der Waals surface area contributed by atoms with Gasteiger partial charge < -0.3 is 10.1 Å².